The molecule has 1 aliphatic rings. The monoisotopic (exact) mass is 282 g/mol. The Morgan fingerprint density at radius 1 is 1.25 bits per heavy atom. The zero-order chi connectivity index (χ0) is 13.7. The fourth-order valence-electron chi connectivity index (χ4n) is 2.81. The molecule has 1 aromatic carbocycles. The van der Waals surface area contributed by atoms with Crippen LogP contribution in [0.4, 0.5) is 17.5 Å². The van der Waals surface area contributed by atoms with Crippen molar-refractivity contribution in [1.29, 1.82) is 0 Å². The Kier molecular flexibility index (Phi) is 2.44. The highest BCUT2D eigenvalue weighted by atomic mass is 32.1. The van der Waals surface area contributed by atoms with Gasteiger partial charge in [0.15, 0.2) is 0 Å². The lowest BCUT2D eigenvalue weighted by Crippen LogP contribution is -2.16. The van der Waals surface area contributed by atoms with E-state index in [4.69, 9.17) is 5.73 Å². The summed E-state index contributed by atoms with van der Waals surface area (Å²) in [7, 11) is 0. The van der Waals surface area contributed by atoms with Gasteiger partial charge in [0, 0.05) is 17.1 Å². The number of nitrogens with two attached hydrogens (primary N) is 1. The van der Waals surface area contributed by atoms with Crippen LogP contribution in [0.1, 0.15) is 10.4 Å². The molecule has 1 aliphatic heterocycles. The molecule has 4 nitrogen and oxygen atoms in total. The van der Waals surface area contributed by atoms with Gasteiger partial charge in [0.1, 0.15) is 10.6 Å². The lowest BCUT2D eigenvalue weighted by molar-refractivity contribution is 0.978. The topological polar surface area (TPSA) is 55.0 Å². The lowest BCUT2D eigenvalue weighted by atomic mass is 10.2. The number of aromatic nitrogens is 2. The summed E-state index contributed by atoms with van der Waals surface area (Å²) < 4.78 is 0. The molecule has 0 spiro atoms. The first-order valence-electron chi connectivity index (χ1n) is 6.61. The lowest BCUT2D eigenvalue weighted by Gasteiger charge is -2.19. The largest absolute Gasteiger partial charge is 0.368 e. The van der Waals surface area contributed by atoms with Crippen molar-refractivity contribution in [2.24, 2.45) is 0 Å². The number of aryl methyl sites for hydroxylation is 1. The van der Waals surface area contributed by atoms with Gasteiger partial charge in [0.05, 0.1) is 5.39 Å². The molecular formula is C15H14N4S. The fourth-order valence-corrected chi connectivity index (χ4v) is 3.69. The second-order valence-corrected chi connectivity index (χ2v) is 6.25. The maximum Gasteiger partial charge on any atom is 0.223 e. The first-order valence-corrected chi connectivity index (χ1v) is 7.43. The number of anilines is 3. The molecule has 0 atom stereocenters. The van der Waals surface area contributed by atoms with Crippen molar-refractivity contribution in [1.82, 2.24) is 9.97 Å². The number of nitrogen functional groups attached to an aromatic ring is 1. The number of hydrogen-bond acceptors (Lipinski definition) is 5. The van der Waals surface area contributed by atoms with Crippen molar-refractivity contribution in [3.8, 4) is 0 Å². The SMILES string of the molecule is Cc1cc2c(N3CCc4ccccc43)nc(N)nc2s1. The minimum Gasteiger partial charge on any atom is -0.368 e. The molecule has 3 heterocycles. The van der Waals surface area contributed by atoms with Gasteiger partial charge < -0.3 is 10.6 Å². The molecule has 2 aromatic heterocycles. The van der Waals surface area contributed by atoms with E-state index >= 15 is 0 Å². The van der Waals surface area contributed by atoms with Crippen molar-refractivity contribution >= 4 is 39.0 Å². The highest BCUT2D eigenvalue weighted by Gasteiger charge is 2.23. The summed E-state index contributed by atoms with van der Waals surface area (Å²) in [6, 6.07) is 10.6. The van der Waals surface area contributed by atoms with Crippen molar-refractivity contribution in [3.63, 3.8) is 0 Å². The van der Waals surface area contributed by atoms with Crippen LogP contribution in [0.2, 0.25) is 0 Å². The van der Waals surface area contributed by atoms with Crippen molar-refractivity contribution in [2.45, 2.75) is 13.3 Å². The third-order valence-corrected chi connectivity index (χ3v) is 4.60. The summed E-state index contributed by atoms with van der Waals surface area (Å²) in [5.41, 5.74) is 8.48. The zero-order valence-corrected chi connectivity index (χ0v) is 11.9. The van der Waals surface area contributed by atoms with E-state index in [0.717, 1.165) is 29.0 Å². The third kappa shape index (κ3) is 1.67. The van der Waals surface area contributed by atoms with E-state index in [1.54, 1.807) is 11.3 Å². The quantitative estimate of drug-likeness (QED) is 0.744. The number of para-hydroxylation sites is 1. The molecular weight excluding hydrogens is 268 g/mol. The molecule has 0 fully saturated rings. The Bertz CT molecular complexity index is 809. The van der Waals surface area contributed by atoms with Crippen molar-refractivity contribution < 1.29 is 0 Å². The van der Waals surface area contributed by atoms with Crippen molar-refractivity contribution in [3.05, 3.63) is 40.8 Å². The number of fused-ring (bicyclic) bond motifs is 2. The maximum absolute atomic E-state index is 5.88. The number of nitrogens with zero attached hydrogens (tertiary/aromatic N) is 3. The maximum atomic E-state index is 5.88. The molecule has 0 aliphatic carbocycles. The van der Waals surface area contributed by atoms with E-state index in [9.17, 15) is 0 Å². The minimum absolute atomic E-state index is 0.346. The normalized spacial score (nSPS) is 13.9. The molecule has 2 N–H and O–H groups in total. The fraction of sp³-hybridized carbons (Fsp3) is 0.200. The van der Waals surface area contributed by atoms with Crippen LogP contribution in [0.25, 0.3) is 10.2 Å². The molecule has 0 radical (unpaired) electrons. The summed E-state index contributed by atoms with van der Waals surface area (Å²) in [5, 5.41) is 1.10. The molecule has 4 rings (SSSR count). The number of hydrogen-bond donors (Lipinski definition) is 1. The smallest absolute Gasteiger partial charge is 0.223 e. The highest BCUT2D eigenvalue weighted by molar-refractivity contribution is 7.18. The Morgan fingerprint density at radius 2 is 2.10 bits per heavy atom. The number of rotatable bonds is 1. The van der Waals surface area contributed by atoms with Crippen LogP contribution in [-0.4, -0.2) is 16.5 Å². The van der Waals surface area contributed by atoms with Gasteiger partial charge >= 0.3 is 0 Å². The van der Waals surface area contributed by atoms with Crippen molar-refractivity contribution in [2.75, 3.05) is 17.2 Å². The van der Waals surface area contributed by atoms with E-state index in [1.165, 1.54) is 16.1 Å². The summed E-state index contributed by atoms with van der Waals surface area (Å²) in [5.74, 6) is 1.28. The third-order valence-electron chi connectivity index (χ3n) is 3.66. The first kappa shape index (κ1) is 11.7. The van der Waals surface area contributed by atoms with Crippen LogP contribution in [0, 0.1) is 6.92 Å². The summed E-state index contributed by atoms with van der Waals surface area (Å²) in [4.78, 5) is 13.3. The molecule has 0 saturated heterocycles. The molecule has 5 heteroatoms. The summed E-state index contributed by atoms with van der Waals surface area (Å²) in [6.07, 6.45) is 1.05. The predicted molar refractivity (Wildman–Crippen MR) is 83.7 cm³/mol. The average molecular weight is 282 g/mol. The van der Waals surface area contributed by atoms with E-state index in [2.05, 4.69) is 52.1 Å². The van der Waals surface area contributed by atoms with Crippen LogP contribution in [0.3, 0.4) is 0 Å². The second-order valence-electron chi connectivity index (χ2n) is 5.01. The average Bonchev–Trinajstić information content (AvgIpc) is 3.00. The molecule has 3 aromatic rings. The van der Waals surface area contributed by atoms with Gasteiger partial charge in [-0.05, 0) is 31.0 Å². The van der Waals surface area contributed by atoms with Gasteiger partial charge in [-0.1, -0.05) is 18.2 Å². The van der Waals surface area contributed by atoms with Gasteiger partial charge in [0.2, 0.25) is 5.95 Å². The first-order chi connectivity index (χ1) is 9.72. The molecule has 20 heavy (non-hydrogen) atoms. The van der Waals surface area contributed by atoms with Crippen LogP contribution in [-0.2, 0) is 6.42 Å². The molecule has 0 unspecified atom stereocenters. The van der Waals surface area contributed by atoms with Crippen LogP contribution < -0.4 is 10.6 Å². The van der Waals surface area contributed by atoms with Gasteiger partial charge in [-0.3, -0.25) is 0 Å². The van der Waals surface area contributed by atoms with Gasteiger partial charge in [-0.15, -0.1) is 11.3 Å². The molecule has 100 valence electrons. The van der Waals surface area contributed by atoms with Gasteiger partial charge in [0.25, 0.3) is 0 Å². The van der Waals surface area contributed by atoms with Crippen LogP contribution >= 0.6 is 11.3 Å². The van der Waals surface area contributed by atoms with Crippen LogP contribution in [0.5, 0.6) is 0 Å². The Hall–Kier alpha value is -2.14. The van der Waals surface area contributed by atoms with Crippen LogP contribution in [0.15, 0.2) is 30.3 Å². The van der Waals surface area contributed by atoms with E-state index in [-0.39, 0.29) is 0 Å². The second kappa shape index (κ2) is 4.18. The van der Waals surface area contributed by atoms with E-state index < -0.39 is 0 Å². The number of thiophene rings is 1. The summed E-state index contributed by atoms with van der Waals surface area (Å²) in [6.45, 7) is 3.03. The highest BCUT2D eigenvalue weighted by Crippen LogP contribution is 2.38. The predicted octanol–water partition coefficient (Wildman–Crippen LogP) is 3.28. The molecule has 0 amide bonds. The molecule has 0 bridgehead atoms. The standard InChI is InChI=1S/C15H14N4S/c1-9-8-11-13(17-15(16)18-14(11)20-9)19-7-6-10-4-2-3-5-12(10)19/h2-5,8H,6-7H2,1H3,(H2,16,17,18). The Morgan fingerprint density at radius 3 is 3.00 bits per heavy atom. The van der Waals surface area contributed by atoms with E-state index in [0.29, 0.717) is 5.95 Å². The van der Waals surface area contributed by atoms with Gasteiger partial charge in [-0.25, -0.2) is 4.98 Å². The zero-order valence-electron chi connectivity index (χ0n) is 11.1. The Labute approximate surface area is 120 Å². The molecule has 0 saturated carbocycles. The summed E-state index contributed by atoms with van der Waals surface area (Å²) >= 11 is 1.66. The number of benzene rings is 1. The van der Waals surface area contributed by atoms with Gasteiger partial charge in [-0.2, -0.15) is 4.98 Å². The Balaban J connectivity index is 1.95. The van der Waals surface area contributed by atoms with E-state index in [1.807, 2.05) is 0 Å². The minimum atomic E-state index is 0.346.